The van der Waals surface area contributed by atoms with E-state index >= 15 is 0 Å². The first-order chi connectivity index (χ1) is 12.8. The molecular weight excluding hydrogens is 314 g/mol. The lowest BCUT2D eigenvalue weighted by molar-refractivity contribution is 1.47. The molecule has 124 valence electrons. The number of aromatic amines is 1. The zero-order chi connectivity index (χ0) is 17.5. The minimum absolute atomic E-state index is 1.19. The fourth-order valence-corrected chi connectivity index (χ4v) is 3.73. The van der Waals surface area contributed by atoms with E-state index < -0.39 is 0 Å². The van der Waals surface area contributed by atoms with Gasteiger partial charge in [0, 0.05) is 21.8 Å². The predicted molar refractivity (Wildman–Crippen MR) is 111 cm³/mol. The van der Waals surface area contributed by atoms with E-state index in [4.69, 9.17) is 0 Å². The third-order valence-corrected chi connectivity index (χ3v) is 5.11. The summed E-state index contributed by atoms with van der Waals surface area (Å²) in [6.45, 7) is 2.12. The van der Waals surface area contributed by atoms with Gasteiger partial charge in [0.2, 0.25) is 0 Å². The molecule has 0 amide bonds. The summed E-state index contributed by atoms with van der Waals surface area (Å²) in [6, 6.07) is 32.6. The van der Waals surface area contributed by atoms with E-state index in [1.165, 1.54) is 49.6 Å². The average molecular weight is 333 g/mol. The van der Waals surface area contributed by atoms with E-state index in [0.717, 1.165) is 0 Å². The molecule has 1 heteroatoms. The summed E-state index contributed by atoms with van der Waals surface area (Å²) in [4.78, 5) is 3.53. The Morgan fingerprint density at radius 3 is 1.92 bits per heavy atom. The molecule has 5 aromatic rings. The summed E-state index contributed by atoms with van der Waals surface area (Å²) in [5.74, 6) is 0. The van der Waals surface area contributed by atoms with Crippen LogP contribution in [0.5, 0.6) is 0 Å². The zero-order valence-corrected chi connectivity index (χ0v) is 14.7. The Bertz CT molecular complexity index is 1210. The van der Waals surface area contributed by atoms with Crippen LogP contribution in [0.3, 0.4) is 0 Å². The van der Waals surface area contributed by atoms with Gasteiger partial charge in [0.1, 0.15) is 0 Å². The summed E-state index contributed by atoms with van der Waals surface area (Å²) in [5.41, 5.74) is 8.69. The fourth-order valence-electron chi connectivity index (χ4n) is 3.73. The molecule has 0 saturated heterocycles. The highest BCUT2D eigenvalue weighted by atomic mass is 14.7. The lowest BCUT2D eigenvalue weighted by Gasteiger charge is -2.07. The Morgan fingerprint density at radius 1 is 0.538 bits per heavy atom. The maximum atomic E-state index is 3.53. The molecule has 5 rings (SSSR count). The molecule has 0 fully saturated rings. The van der Waals surface area contributed by atoms with Crippen LogP contribution in [0.15, 0.2) is 91.0 Å². The number of rotatable bonds is 2. The van der Waals surface area contributed by atoms with Gasteiger partial charge in [0.25, 0.3) is 0 Å². The van der Waals surface area contributed by atoms with Gasteiger partial charge in [-0.25, -0.2) is 0 Å². The Balaban J connectivity index is 1.65. The number of H-pyrrole nitrogens is 1. The van der Waals surface area contributed by atoms with Crippen LogP contribution in [0, 0.1) is 6.92 Å². The Labute approximate surface area is 152 Å². The van der Waals surface area contributed by atoms with Crippen molar-refractivity contribution in [2.75, 3.05) is 0 Å². The summed E-state index contributed by atoms with van der Waals surface area (Å²) < 4.78 is 0. The number of benzene rings is 4. The van der Waals surface area contributed by atoms with Gasteiger partial charge in [-0.3, -0.25) is 0 Å². The van der Waals surface area contributed by atoms with E-state index in [2.05, 4.69) is 103 Å². The van der Waals surface area contributed by atoms with Crippen molar-refractivity contribution in [1.82, 2.24) is 4.98 Å². The van der Waals surface area contributed by atoms with Crippen molar-refractivity contribution in [2.24, 2.45) is 0 Å². The molecule has 0 spiro atoms. The van der Waals surface area contributed by atoms with Crippen molar-refractivity contribution < 1.29 is 0 Å². The minimum Gasteiger partial charge on any atom is -0.354 e. The molecule has 1 heterocycles. The Kier molecular flexibility index (Phi) is 3.39. The Morgan fingerprint density at radius 2 is 1.15 bits per heavy atom. The standard InChI is InChI=1S/C25H19N/c1-17-9-11-18(12-10-17)19-13-15-20(16-14-19)21-6-4-8-24-25(21)22-5-2-3-7-23(22)26-24/h2-16,26H,1H3. The summed E-state index contributed by atoms with van der Waals surface area (Å²) >= 11 is 0. The van der Waals surface area contributed by atoms with Crippen LogP contribution in [0.4, 0.5) is 0 Å². The summed E-state index contributed by atoms with van der Waals surface area (Å²) in [5, 5.41) is 2.58. The van der Waals surface area contributed by atoms with Gasteiger partial charge in [0.05, 0.1) is 0 Å². The predicted octanol–water partition coefficient (Wildman–Crippen LogP) is 6.96. The lowest BCUT2D eigenvalue weighted by Crippen LogP contribution is -1.82. The fraction of sp³-hybridized carbons (Fsp3) is 0.0400. The Hall–Kier alpha value is -3.32. The third kappa shape index (κ3) is 2.41. The normalized spacial score (nSPS) is 11.3. The highest BCUT2D eigenvalue weighted by Gasteiger charge is 2.10. The SMILES string of the molecule is Cc1ccc(-c2ccc(-c3cccc4[nH]c5ccccc5c34)cc2)cc1. The lowest BCUT2D eigenvalue weighted by atomic mass is 9.97. The average Bonchev–Trinajstić information content (AvgIpc) is 3.07. The van der Waals surface area contributed by atoms with Gasteiger partial charge in [-0.1, -0.05) is 84.4 Å². The largest absolute Gasteiger partial charge is 0.354 e. The van der Waals surface area contributed by atoms with Crippen LogP contribution in [0.1, 0.15) is 5.56 Å². The van der Waals surface area contributed by atoms with Crippen molar-refractivity contribution in [1.29, 1.82) is 0 Å². The topological polar surface area (TPSA) is 15.8 Å². The third-order valence-electron chi connectivity index (χ3n) is 5.11. The zero-order valence-electron chi connectivity index (χ0n) is 14.7. The molecule has 26 heavy (non-hydrogen) atoms. The number of aromatic nitrogens is 1. The monoisotopic (exact) mass is 333 g/mol. The molecular formula is C25H19N. The summed E-state index contributed by atoms with van der Waals surface area (Å²) in [6.07, 6.45) is 0. The molecule has 0 aliphatic heterocycles. The van der Waals surface area contributed by atoms with Crippen molar-refractivity contribution in [3.8, 4) is 22.3 Å². The van der Waals surface area contributed by atoms with Gasteiger partial charge in [-0.2, -0.15) is 0 Å². The van der Waals surface area contributed by atoms with E-state index in [1.807, 2.05) is 0 Å². The number of nitrogens with one attached hydrogen (secondary N) is 1. The van der Waals surface area contributed by atoms with Crippen LogP contribution < -0.4 is 0 Å². The van der Waals surface area contributed by atoms with Crippen LogP contribution in [0.2, 0.25) is 0 Å². The van der Waals surface area contributed by atoms with Crippen molar-refractivity contribution in [3.05, 3.63) is 96.6 Å². The van der Waals surface area contributed by atoms with Crippen LogP contribution >= 0.6 is 0 Å². The summed E-state index contributed by atoms with van der Waals surface area (Å²) in [7, 11) is 0. The van der Waals surface area contributed by atoms with E-state index in [1.54, 1.807) is 0 Å². The second-order valence-electron chi connectivity index (χ2n) is 6.84. The van der Waals surface area contributed by atoms with Gasteiger partial charge in [-0.15, -0.1) is 0 Å². The van der Waals surface area contributed by atoms with Crippen LogP contribution in [-0.4, -0.2) is 4.98 Å². The molecule has 1 aromatic heterocycles. The van der Waals surface area contributed by atoms with Crippen LogP contribution in [0.25, 0.3) is 44.1 Å². The number of hydrogen-bond donors (Lipinski definition) is 1. The second-order valence-corrected chi connectivity index (χ2v) is 6.84. The van der Waals surface area contributed by atoms with Gasteiger partial charge >= 0.3 is 0 Å². The molecule has 1 nitrogen and oxygen atoms in total. The molecule has 0 bridgehead atoms. The first-order valence-corrected chi connectivity index (χ1v) is 8.96. The number of hydrogen-bond acceptors (Lipinski definition) is 0. The molecule has 0 saturated carbocycles. The van der Waals surface area contributed by atoms with E-state index in [-0.39, 0.29) is 0 Å². The van der Waals surface area contributed by atoms with Crippen molar-refractivity contribution in [3.63, 3.8) is 0 Å². The van der Waals surface area contributed by atoms with E-state index in [9.17, 15) is 0 Å². The first kappa shape index (κ1) is 15.0. The second kappa shape index (κ2) is 5.89. The maximum Gasteiger partial charge on any atom is 0.0471 e. The molecule has 4 aromatic carbocycles. The molecule has 0 atom stereocenters. The molecule has 0 aliphatic carbocycles. The van der Waals surface area contributed by atoms with Gasteiger partial charge in [-0.05, 0) is 41.3 Å². The minimum atomic E-state index is 1.19. The highest BCUT2D eigenvalue weighted by molar-refractivity contribution is 6.14. The molecule has 0 unspecified atom stereocenters. The van der Waals surface area contributed by atoms with Gasteiger partial charge in [0.15, 0.2) is 0 Å². The number of aryl methyl sites for hydroxylation is 1. The number of fused-ring (bicyclic) bond motifs is 3. The van der Waals surface area contributed by atoms with Gasteiger partial charge < -0.3 is 4.98 Å². The molecule has 0 radical (unpaired) electrons. The smallest absolute Gasteiger partial charge is 0.0471 e. The first-order valence-electron chi connectivity index (χ1n) is 8.96. The quantitative estimate of drug-likeness (QED) is 0.359. The molecule has 0 aliphatic rings. The van der Waals surface area contributed by atoms with Crippen LogP contribution in [-0.2, 0) is 0 Å². The molecule has 1 N–H and O–H groups in total. The van der Waals surface area contributed by atoms with Crippen molar-refractivity contribution in [2.45, 2.75) is 6.92 Å². The maximum absolute atomic E-state index is 3.53. The number of para-hydroxylation sites is 1. The van der Waals surface area contributed by atoms with E-state index in [0.29, 0.717) is 0 Å². The van der Waals surface area contributed by atoms with Crippen molar-refractivity contribution >= 4 is 21.8 Å². The highest BCUT2D eigenvalue weighted by Crippen LogP contribution is 2.35.